The Labute approximate surface area is 210 Å². The van der Waals surface area contributed by atoms with Gasteiger partial charge in [0.1, 0.15) is 11.5 Å². The summed E-state index contributed by atoms with van der Waals surface area (Å²) in [5.41, 5.74) is 2.86. The molecule has 1 N–H and O–H groups in total. The summed E-state index contributed by atoms with van der Waals surface area (Å²) in [5, 5.41) is 2.84. The van der Waals surface area contributed by atoms with Crippen molar-refractivity contribution < 1.29 is 23.9 Å². The maximum absolute atomic E-state index is 12.8. The number of hydrogen-bond donors (Lipinski definition) is 1. The van der Waals surface area contributed by atoms with Gasteiger partial charge >= 0.3 is 0 Å². The van der Waals surface area contributed by atoms with Crippen LogP contribution in [0.2, 0.25) is 0 Å². The van der Waals surface area contributed by atoms with Gasteiger partial charge in [0.25, 0.3) is 5.91 Å². The van der Waals surface area contributed by atoms with Gasteiger partial charge < -0.3 is 19.7 Å². The molecule has 0 fully saturated rings. The van der Waals surface area contributed by atoms with Crippen LogP contribution in [0.15, 0.2) is 66.9 Å². The molecule has 4 rings (SSSR count). The first-order chi connectivity index (χ1) is 17.5. The normalized spacial score (nSPS) is 12.5. The number of amides is 2. The first-order valence-corrected chi connectivity index (χ1v) is 12.0. The van der Waals surface area contributed by atoms with Crippen LogP contribution in [0.25, 0.3) is 0 Å². The maximum atomic E-state index is 12.8. The maximum Gasteiger partial charge on any atom is 0.265 e. The van der Waals surface area contributed by atoms with Gasteiger partial charge in [-0.25, -0.2) is 0 Å². The molecule has 1 aliphatic rings. The van der Waals surface area contributed by atoms with E-state index in [-0.39, 0.29) is 37.2 Å². The van der Waals surface area contributed by atoms with E-state index in [9.17, 15) is 14.4 Å². The quantitative estimate of drug-likeness (QED) is 0.414. The first-order valence-electron chi connectivity index (χ1n) is 12.0. The Morgan fingerprint density at radius 1 is 1.11 bits per heavy atom. The van der Waals surface area contributed by atoms with Crippen LogP contribution >= 0.6 is 0 Å². The third-order valence-corrected chi connectivity index (χ3v) is 5.88. The Balaban J connectivity index is 1.34. The Kier molecular flexibility index (Phi) is 8.28. The van der Waals surface area contributed by atoms with E-state index in [0.717, 1.165) is 17.7 Å². The molecule has 0 saturated heterocycles. The highest BCUT2D eigenvalue weighted by molar-refractivity contribution is 6.02. The lowest BCUT2D eigenvalue weighted by atomic mass is 10.1. The summed E-state index contributed by atoms with van der Waals surface area (Å²) in [6.07, 6.45) is 3.29. The number of anilines is 1. The summed E-state index contributed by atoms with van der Waals surface area (Å²) in [6, 6.07) is 18.2. The fourth-order valence-electron chi connectivity index (χ4n) is 3.89. The fourth-order valence-corrected chi connectivity index (χ4v) is 3.89. The summed E-state index contributed by atoms with van der Waals surface area (Å²) in [7, 11) is 0. The van der Waals surface area contributed by atoms with E-state index in [0.29, 0.717) is 42.3 Å². The number of pyridine rings is 1. The van der Waals surface area contributed by atoms with Crippen LogP contribution in [-0.4, -0.2) is 42.3 Å². The van der Waals surface area contributed by atoms with E-state index in [4.69, 9.17) is 9.47 Å². The summed E-state index contributed by atoms with van der Waals surface area (Å²) >= 11 is 0. The number of rotatable bonds is 11. The van der Waals surface area contributed by atoms with Gasteiger partial charge in [0.05, 0.1) is 17.9 Å². The summed E-state index contributed by atoms with van der Waals surface area (Å²) in [5.74, 6) is 0.638. The Morgan fingerprint density at radius 2 is 2.00 bits per heavy atom. The molecule has 186 valence electrons. The van der Waals surface area contributed by atoms with Gasteiger partial charge in [-0.1, -0.05) is 25.1 Å². The zero-order valence-electron chi connectivity index (χ0n) is 20.2. The molecule has 3 aromatic rings. The number of ketones is 1. The smallest absolute Gasteiger partial charge is 0.265 e. The molecule has 0 spiro atoms. The summed E-state index contributed by atoms with van der Waals surface area (Å²) in [4.78, 5) is 43.4. The van der Waals surface area contributed by atoms with Crippen LogP contribution in [0, 0.1) is 0 Å². The molecular weight excluding hydrogens is 458 g/mol. The van der Waals surface area contributed by atoms with Crippen LogP contribution in [0.5, 0.6) is 11.5 Å². The van der Waals surface area contributed by atoms with Crippen LogP contribution in [-0.2, 0) is 22.6 Å². The number of ether oxygens (including phenoxy) is 2. The standard InChI is InChI=1S/C28H29N3O5/c1-2-20-7-5-9-23(15-20)35-18-25(32)21-11-12-26-24(16-21)31(28(34)19-36-26)14-6-10-27(33)30-17-22-8-3-4-13-29-22/h3-5,7-9,11-13,15-16H,2,6,10,14,17-19H2,1H3,(H,30,33). The van der Waals surface area contributed by atoms with E-state index >= 15 is 0 Å². The average Bonchev–Trinajstić information content (AvgIpc) is 2.92. The van der Waals surface area contributed by atoms with Crippen LogP contribution < -0.4 is 19.7 Å². The average molecular weight is 488 g/mol. The number of fused-ring (bicyclic) bond motifs is 1. The van der Waals surface area contributed by atoms with Gasteiger partial charge in [-0.3, -0.25) is 19.4 Å². The lowest BCUT2D eigenvalue weighted by Crippen LogP contribution is -2.40. The molecule has 2 heterocycles. The second-order valence-corrected chi connectivity index (χ2v) is 8.43. The number of nitrogens with zero attached hydrogens (tertiary/aromatic N) is 2. The lowest BCUT2D eigenvalue weighted by molar-refractivity contribution is -0.123. The van der Waals surface area contributed by atoms with Crippen molar-refractivity contribution in [2.75, 3.05) is 24.7 Å². The van der Waals surface area contributed by atoms with Gasteiger partial charge in [-0.15, -0.1) is 0 Å². The van der Waals surface area contributed by atoms with E-state index in [2.05, 4.69) is 17.2 Å². The molecule has 8 heteroatoms. The van der Waals surface area contributed by atoms with Crippen LogP contribution in [0.4, 0.5) is 5.69 Å². The third kappa shape index (κ3) is 6.47. The summed E-state index contributed by atoms with van der Waals surface area (Å²) in [6.45, 7) is 2.56. The molecule has 2 amide bonds. The van der Waals surface area contributed by atoms with Crippen molar-refractivity contribution in [3.8, 4) is 11.5 Å². The molecule has 0 radical (unpaired) electrons. The number of aryl methyl sites for hydroxylation is 1. The Hall–Kier alpha value is -4.20. The zero-order chi connectivity index (χ0) is 25.3. The van der Waals surface area contributed by atoms with E-state index < -0.39 is 0 Å². The van der Waals surface area contributed by atoms with Crippen molar-refractivity contribution >= 4 is 23.3 Å². The van der Waals surface area contributed by atoms with Crippen molar-refractivity contribution in [3.63, 3.8) is 0 Å². The number of aromatic nitrogens is 1. The monoisotopic (exact) mass is 487 g/mol. The second kappa shape index (κ2) is 12.0. The summed E-state index contributed by atoms with van der Waals surface area (Å²) < 4.78 is 11.2. The minimum absolute atomic E-state index is 0.0803. The second-order valence-electron chi connectivity index (χ2n) is 8.43. The van der Waals surface area contributed by atoms with Crippen LogP contribution in [0.3, 0.4) is 0 Å². The van der Waals surface area contributed by atoms with Crippen molar-refractivity contribution in [3.05, 3.63) is 83.7 Å². The molecule has 0 atom stereocenters. The molecular formula is C28H29N3O5. The van der Waals surface area contributed by atoms with Gasteiger partial charge in [0, 0.05) is 24.7 Å². The first kappa shape index (κ1) is 24.9. The molecule has 0 bridgehead atoms. The molecule has 2 aromatic carbocycles. The number of carbonyl (C=O) groups excluding carboxylic acids is 3. The lowest BCUT2D eigenvalue weighted by Gasteiger charge is -2.29. The van der Waals surface area contributed by atoms with Gasteiger partial charge in [0.15, 0.2) is 19.0 Å². The van der Waals surface area contributed by atoms with Gasteiger partial charge in [0.2, 0.25) is 5.91 Å². The topological polar surface area (TPSA) is 97.8 Å². The number of nitrogens with one attached hydrogen (secondary N) is 1. The van der Waals surface area contributed by atoms with Crippen molar-refractivity contribution in [1.82, 2.24) is 10.3 Å². The number of benzene rings is 2. The van der Waals surface area contributed by atoms with E-state index in [1.165, 1.54) is 0 Å². The van der Waals surface area contributed by atoms with E-state index in [1.807, 2.05) is 42.5 Å². The molecule has 36 heavy (non-hydrogen) atoms. The molecule has 0 aliphatic carbocycles. The van der Waals surface area contributed by atoms with E-state index in [1.54, 1.807) is 29.3 Å². The predicted octanol–water partition coefficient (Wildman–Crippen LogP) is 3.73. The van der Waals surface area contributed by atoms with Crippen molar-refractivity contribution in [1.29, 1.82) is 0 Å². The highest BCUT2D eigenvalue weighted by Crippen LogP contribution is 2.33. The number of Topliss-reactive ketones (excluding diaryl/α,β-unsaturated/α-hetero) is 1. The molecule has 8 nitrogen and oxygen atoms in total. The van der Waals surface area contributed by atoms with Crippen LogP contribution in [0.1, 0.15) is 41.4 Å². The molecule has 0 unspecified atom stereocenters. The fraction of sp³-hybridized carbons (Fsp3) is 0.286. The molecule has 1 aromatic heterocycles. The van der Waals surface area contributed by atoms with Crippen molar-refractivity contribution in [2.45, 2.75) is 32.7 Å². The highest BCUT2D eigenvalue weighted by atomic mass is 16.5. The minimum atomic E-state index is -0.214. The highest BCUT2D eigenvalue weighted by Gasteiger charge is 2.26. The largest absolute Gasteiger partial charge is 0.485 e. The van der Waals surface area contributed by atoms with Gasteiger partial charge in [-0.05, 0) is 60.9 Å². The Morgan fingerprint density at radius 3 is 2.81 bits per heavy atom. The third-order valence-electron chi connectivity index (χ3n) is 5.88. The Bertz CT molecular complexity index is 1230. The van der Waals surface area contributed by atoms with Gasteiger partial charge in [-0.2, -0.15) is 0 Å². The number of hydrogen-bond acceptors (Lipinski definition) is 6. The SMILES string of the molecule is CCc1cccc(OCC(=O)c2ccc3c(c2)N(CCCC(=O)NCc2ccccn2)C(=O)CO3)c1. The zero-order valence-corrected chi connectivity index (χ0v) is 20.2. The molecule has 0 saturated carbocycles. The molecule has 1 aliphatic heterocycles. The van der Waals surface area contributed by atoms with Crippen molar-refractivity contribution in [2.24, 2.45) is 0 Å². The predicted molar refractivity (Wildman–Crippen MR) is 135 cm³/mol. The number of carbonyl (C=O) groups is 3. The minimum Gasteiger partial charge on any atom is -0.485 e.